The third-order valence-electron chi connectivity index (χ3n) is 4.19. The highest BCUT2D eigenvalue weighted by Crippen LogP contribution is 2.31. The fraction of sp³-hybridized carbons (Fsp3) is 0.588. The summed E-state index contributed by atoms with van der Waals surface area (Å²) in [6.07, 6.45) is 2.65. The molecular formula is C17H27FIN3O2. The van der Waals surface area contributed by atoms with Crippen molar-refractivity contribution in [3.8, 4) is 5.75 Å². The topological polar surface area (TPSA) is 65.9 Å². The number of guanidine groups is 1. The van der Waals surface area contributed by atoms with E-state index in [2.05, 4.69) is 15.6 Å². The Morgan fingerprint density at radius 3 is 2.67 bits per heavy atom. The van der Waals surface area contributed by atoms with Crippen molar-refractivity contribution in [2.45, 2.75) is 44.8 Å². The molecule has 136 valence electrons. The molecule has 1 saturated carbocycles. The number of nitrogens with zero attached hydrogens (tertiary/aromatic N) is 1. The average Bonchev–Trinajstić information content (AvgIpc) is 2.50. The van der Waals surface area contributed by atoms with E-state index in [1.807, 2.05) is 19.9 Å². The van der Waals surface area contributed by atoms with Gasteiger partial charge in [-0.15, -0.1) is 24.0 Å². The van der Waals surface area contributed by atoms with Crippen LogP contribution in [0.15, 0.2) is 23.2 Å². The van der Waals surface area contributed by atoms with Gasteiger partial charge in [0, 0.05) is 6.54 Å². The molecule has 7 heteroatoms. The molecule has 0 spiro atoms. The number of aliphatic imine (C=N–C) groups is 1. The summed E-state index contributed by atoms with van der Waals surface area (Å²) in [5, 5.41) is 16.5. The maximum atomic E-state index is 13.8. The molecular weight excluding hydrogens is 424 g/mol. The number of hydrogen-bond donors (Lipinski definition) is 3. The van der Waals surface area contributed by atoms with E-state index in [0.29, 0.717) is 19.0 Å². The van der Waals surface area contributed by atoms with E-state index in [1.165, 1.54) is 13.2 Å². The molecule has 1 aliphatic rings. The molecule has 0 heterocycles. The first-order valence-electron chi connectivity index (χ1n) is 8.08. The highest BCUT2D eigenvalue weighted by atomic mass is 127. The van der Waals surface area contributed by atoms with Gasteiger partial charge in [-0.25, -0.2) is 4.39 Å². The van der Waals surface area contributed by atoms with E-state index in [4.69, 9.17) is 4.74 Å². The van der Waals surface area contributed by atoms with Crippen LogP contribution in [0.1, 0.15) is 44.7 Å². The highest BCUT2D eigenvalue weighted by Gasteiger charge is 2.34. The van der Waals surface area contributed by atoms with E-state index >= 15 is 0 Å². The van der Waals surface area contributed by atoms with Gasteiger partial charge in [0.15, 0.2) is 17.5 Å². The molecule has 1 aromatic rings. The van der Waals surface area contributed by atoms with Crippen LogP contribution in [0.2, 0.25) is 0 Å². The molecule has 0 amide bonds. The fourth-order valence-electron chi connectivity index (χ4n) is 2.53. The van der Waals surface area contributed by atoms with Crippen molar-refractivity contribution in [1.82, 2.24) is 10.6 Å². The van der Waals surface area contributed by atoms with Gasteiger partial charge in [0.25, 0.3) is 0 Å². The summed E-state index contributed by atoms with van der Waals surface area (Å²) < 4.78 is 18.8. The van der Waals surface area contributed by atoms with Crippen LogP contribution in [0.4, 0.5) is 4.39 Å². The maximum Gasteiger partial charge on any atom is 0.191 e. The monoisotopic (exact) mass is 451 g/mol. The molecule has 0 aromatic heterocycles. The summed E-state index contributed by atoms with van der Waals surface area (Å²) in [5.41, 5.74) is 0.147. The molecule has 0 aliphatic heterocycles. The number of aliphatic hydroxyl groups is 1. The summed E-state index contributed by atoms with van der Waals surface area (Å²) in [7, 11) is 1.45. The molecule has 1 unspecified atom stereocenters. The number of rotatable bonds is 6. The number of methoxy groups -OCH3 is 1. The van der Waals surface area contributed by atoms with Gasteiger partial charge in [-0.3, -0.25) is 4.99 Å². The molecule has 5 nitrogen and oxygen atoms in total. The van der Waals surface area contributed by atoms with E-state index in [-0.39, 0.29) is 41.6 Å². The Morgan fingerprint density at radius 1 is 1.46 bits per heavy atom. The third-order valence-corrected chi connectivity index (χ3v) is 4.19. The molecule has 1 aliphatic carbocycles. The van der Waals surface area contributed by atoms with Gasteiger partial charge in [-0.2, -0.15) is 0 Å². The summed E-state index contributed by atoms with van der Waals surface area (Å²) in [5.74, 6) is 0.467. The minimum absolute atomic E-state index is 0. The third kappa shape index (κ3) is 5.47. The zero-order chi connectivity index (χ0) is 16.9. The summed E-state index contributed by atoms with van der Waals surface area (Å²) >= 11 is 0. The molecule has 0 radical (unpaired) electrons. The standard InChI is InChI=1S/C17H26FN3O2.HI/c1-4-19-16(20-11-17(22)8-5-9-17)21-12(2)13-6-7-15(23-3)14(18)10-13;/h6-7,10,12,22H,4-5,8-9,11H2,1-3H3,(H2,19,20,21);1H. The van der Waals surface area contributed by atoms with Crippen molar-refractivity contribution < 1.29 is 14.2 Å². The number of hydrogen-bond acceptors (Lipinski definition) is 3. The average molecular weight is 451 g/mol. The van der Waals surface area contributed by atoms with Crippen molar-refractivity contribution >= 4 is 29.9 Å². The lowest BCUT2D eigenvalue weighted by Crippen LogP contribution is -2.43. The van der Waals surface area contributed by atoms with Crippen LogP contribution in [0.5, 0.6) is 5.75 Å². The zero-order valence-electron chi connectivity index (χ0n) is 14.4. The minimum Gasteiger partial charge on any atom is -0.494 e. The summed E-state index contributed by atoms with van der Waals surface area (Å²) in [4.78, 5) is 4.45. The highest BCUT2D eigenvalue weighted by molar-refractivity contribution is 14.0. The Morgan fingerprint density at radius 2 is 2.17 bits per heavy atom. The quantitative estimate of drug-likeness (QED) is 0.354. The Kier molecular flexibility index (Phi) is 8.21. The number of nitrogens with one attached hydrogen (secondary N) is 2. The van der Waals surface area contributed by atoms with Gasteiger partial charge in [-0.1, -0.05) is 6.07 Å². The first-order valence-corrected chi connectivity index (χ1v) is 8.08. The van der Waals surface area contributed by atoms with Crippen LogP contribution >= 0.6 is 24.0 Å². The van der Waals surface area contributed by atoms with Gasteiger partial charge in [0.05, 0.1) is 25.3 Å². The van der Waals surface area contributed by atoms with Crippen molar-refractivity contribution in [2.75, 3.05) is 20.2 Å². The largest absolute Gasteiger partial charge is 0.494 e. The van der Waals surface area contributed by atoms with Crippen LogP contribution in [0.25, 0.3) is 0 Å². The first-order chi connectivity index (χ1) is 11.0. The molecule has 0 saturated heterocycles. The van der Waals surface area contributed by atoms with Crippen molar-refractivity contribution in [1.29, 1.82) is 0 Å². The molecule has 1 aromatic carbocycles. The lowest BCUT2D eigenvalue weighted by Gasteiger charge is -2.35. The molecule has 24 heavy (non-hydrogen) atoms. The summed E-state index contributed by atoms with van der Waals surface area (Å²) in [6.45, 7) is 5.01. The molecule has 3 N–H and O–H groups in total. The van der Waals surface area contributed by atoms with E-state index < -0.39 is 5.60 Å². The smallest absolute Gasteiger partial charge is 0.191 e. The predicted octanol–water partition coefficient (Wildman–Crippen LogP) is 2.98. The first kappa shape index (κ1) is 21.0. The van der Waals surface area contributed by atoms with Crippen molar-refractivity contribution in [2.24, 2.45) is 4.99 Å². The van der Waals surface area contributed by atoms with E-state index in [0.717, 1.165) is 24.8 Å². The van der Waals surface area contributed by atoms with Crippen LogP contribution < -0.4 is 15.4 Å². The molecule has 1 atom stereocenters. The lowest BCUT2D eigenvalue weighted by molar-refractivity contribution is -0.0236. The number of halogens is 2. The zero-order valence-corrected chi connectivity index (χ0v) is 16.8. The summed E-state index contributed by atoms with van der Waals surface area (Å²) in [6, 6.07) is 4.77. The van der Waals surface area contributed by atoms with Crippen LogP contribution in [-0.4, -0.2) is 36.9 Å². The van der Waals surface area contributed by atoms with Gasteiger partial charge in [0.1, 0.15) is 0 Å². The van der Waals surface area contributed by atoms with Crippen LogP contribution in [-0.2, 0) is 0 Å². The van der Waals surface area contributed by atoms with Gasteiger partial charge >= 0.3 is 0 Å². The molecule has 0 bridgehead atoms. The Labute approximate surface area is 160 Å². The van der Waals surface area contributed by atoms with Gasteiger partial charge < -0.3 is 20.5 Å². The second-order valence-electron chi connectivity index (χ2n) is 6.03. The number of ether oxygens (including phenoxy) is 1. The Bertz CT molecular complexity index is 565. The second-order valence-corrected chi connectivity index (χ2v) is 6.03. The van der Waals surface area contributed by atoms with Crippen LogP contribution in [0, 0.1) is 5.82 Å². The normalized spacial score (nSPS) is 17.3. The van der Waals surface area contributed by atoms with E-state index in [1.54, 1.807) is 6.07 Å². The SMILES string of the molecule is CCNC(=NCC1(O)CCC1)NC(C)c1ccc(OC)c(F)c1.I. The minimum atomic E-state index is -0.655. The maximum absolute atomic E-state index is 13.8. The molecule has 2 rings (SSSR count). The van der Waals surface area contributed by atoms with Crippen molar-refractivity contribution in [3.05, 3.63) is 29.6 Å². The fourth-order valence-corrected chi connectivity index (χ4v) is 2.53. The second kappa shape index (κ2) is 9.41. The van der Waals surface area contributed by atoms with Crippen molar-refractivity contribution in [3.63, 3.8) is 0 Å². The lowest BCUT2D eigenvalue weighted by atomic mass is 9.80. The van der Waals surface area contributed by atoms with Gasteiger partial charge in [-0.05, 0) is 50.8 Å². The van der Waals surface area contributed by atoms with Crippen LogP contribution in [0.3, 0.4) is 0 Å². The Hall–Kier alpha value is -1.09. The van der Waals surface area contributed by atoms with E-state index in [9.17, 15) is 9.50 Å². The molecule has 1 fully saturated rings. The Balaban J connectivity index is 0.00000288. The number of benzene rings is 1. The van der Waals surface area contributed by atoms with Gasteiger partial charge in [0.2, 0.25) is 0 Å². The predicted molar refractivity (Wildman–Crippen MR) is 105 cm³/mol.